The van der Waals surface area contributed by atoms with Crippen LogP contribution in [0.5, 0.6) is 23.0 Å². The molecular formula is C52H58N2O15. The second-order valence-corrected chi connectivity index (χ2v) is 17.5. The van der Waals surface area contributed by atoms with Crippen LogP contribution in [0.25, 0.3) is 0 Å². The highest BCUT2D eigenvalue weighted by Crippen LogP contribution is 2.49. The molecule has 1 amide bonds. The monoisotopic (exact) mass is 950 g/mol. The summed E-state index contributed by atoms with van der Waals surface area (Å²) in [6, 6.07) is 12.3. The third-order valence-electron chi connectivity index (χ3n) is 12.8. The van der Waals surface area contributed by atoms with Gasteiger partial charge in [0.05, 0.1) is 61.0 Å². The number of aliphatic hydroxyl groups excluding tert-OH is 2. The topological polar surface area (TPSA) is 232 Å². The van der Waals surface area contributed by atoms with E-state index in [2.05, 4.69) is 10.6 Å². The van der Waals surface area contributed by atoms with E-state index >= 15 is 9.59 Å². The average Bonchev–Trinajstić information content (AvgIpc) is 3.60. The lowest BCUT2D eigenvalue weighted by atomic mass is 9.78. The molecule has 17 heteroatoms. The van der Waals surface area contributed by atoms with Gasteiger partial charge in [0.1, 0.15) is 40.5 Å². The van der Waals surface area contributed by atoms with Crippen molar-refractivity contribution in [1.29, 1.82) is 0 Å². The van der Waals surface area contributed by atoms with Crippen molar-refractivity contribution in [3.05, 3.63) is 124 Å². The molecule has 1 aliphatic carbocycles. The molecule has 3 aromatic carbocycles. The first kappa shape index (κ1) is 51.3. The maximum Gasteiger partial charge on any atom is 0.343 e. The maximum atomic E-state index is 15.3. The van der Waals surface area contributed by atoms with Gasteiger partial charge < -0.3 is 54.0 Å². The number of fused-ring (bicyclic) bond motifs is 14. The number of hydrogen-bond acceptors (Lipinski definition) is 16. The Bertz CT molecular complexity index is 2650. The molecule has 4 N–H and O–H groups in total. The fraction of sp³-hybridized carbons (Fsp3) is 0.385. The zero-order chi connectivity index (χ0) is 50.6. The van der Waals surface area contributed by atoms with Crippen molar-refractivity contribution in [1.82, 2.24) is 5.32 Å². The van der Waals surface area contributed by atoms with Crippen LogP contribution in [0, 0.1) is 30.6 Å². The number of esters is 2. The number of methoxy groups -OCH3 is 3. The normalized spacial score (nSPS) is 26.4. The second kappa shape index (κ2) is 21.1. The summed E-state index contributed by atoms with van der Waals surface area (Å²) in [5.74, 6) is -9.81. The molecule has 0 fully saturated rings. The maximum absolute atomic E-state index is 15.3. The average molecular weight is 951 g/mol. The summed E-state index contributed by atoms with van der Waals surface area (Å²) in [5.41, 5.74) is -1.91. The molecule has 9 unspecified atom stereocenters. The number of nitrogens with one attached hydrogen (secondary N) is 2. The number of carbonyl (C=O) groups excluding carboxylic acids is 6. The number of benzene rings is 3. The van der Waals surface area contributed by atoms with Crippen LogP contribution >= 0.6 is 0 Å². The van der Waals surface area contributed by atoms with Crippen molar-refractivity contribution in [2.24, 2.45) is 23.7 Å². The lowest BCUT2D eigenvalue weighted by molar-refractivity contribution is -0.160. The molecule has 69 heavy (non-hydrogen) atoms. The van der Waals surface area contributed by atoms with Gasteiger partial charge >= 0.3 is 17.7 Å². The van der Waals surface area contributed by atoms with E-state index in [4.69, 9.17) is 33.2 Å². The number of rotatable bonds is 8. The highest BCUT2D eigenvalue weighted by Gasteiger charge is 2.53. The van der Waals surface area contributed by atoms with E-state index in [0.29, 0.717) is 17.2 Å². The van der Waals surface area contributed by atoms with Crippen molar-refractivity contribution >= 4 is 40.9 Å². The number of carbonyl (C=O) groups is 6. The van der Waals surface area contributed by atoms with Gasteiger partial charge in [-0.1, -0.05) is 45.9 Å². The summed E-state index contributed by atoms with van der Waals surface area (Å²) in [5, 5.41) is 28.6. The van der Waals surface area contributed by atoms with Gasteiger partial charge in [0.15, 0.2) is 0 Å². The number of anilines is 1. The summed E-state index contributed by atoms with van der Waals surface area (Å²) >= 11 is 0. The van der Waals surface area contributed by atoms with Crippen molar-refractivity contribution in [3.8, 4) is 23.0 Å². The largest absolute Gasteiger partial charge is 0.497 e. The van der Waals surface area contributed by atoms with Crippen molar-refractivity contribution in [2.45, 2.75) is 85.6 Å². The molecule has 3 aromatic rings. The van der Waals surface area contributed by atoms with E-state index in [1.165, 1.54) is 91.5 Å². The van der Waals surface area contributed by atoms with E-state index in [1.54, 1.807) is 58.0 Å². The predicted octanol–water partition coefficient (Wildman–Crippen LogP) is 6.60. The fourth-order valence-electron chi connectivity index (χ4n) is 8.62. The van der Waals surface area contributed by atoms with Crippen LogP contribution in [-0.4, -0.2) is 96.9 Å². The van der Waals surface area contributed by atoms with E-state index in [1.807, 2.05) is 0 Å². The Labute approximate surface area is 400 Å². The van der Waals surface area contributed by atoms with Crippen LogP contribution in [0.1, 0.15) is 95.5 Å². The minimum absolute atomic E-state index is 0.0221. The molecular weight excluding hydrogens is 893 g/mol. The molecule has 5 bridgehead atoms. The number of hydrogen-bond donors (Lipinski definition) is 4. The Morgan fingerprint density at radius 1 is 0.783 bits per heavy atom. The Morgan fingerprint density at radius 3 is 2.00 bits per heavy atom. The molecule has 0 aromatic heterocycles. The lowest BCUT2D eigenvalue weighted by Crippen LogP contribution is -2.46. The van der Waals surface area contributed by atoms with E-state index in [-0.39, 0.29) is 28.0 Å². The molecule has 366 valence electrons. The lowest BCUT2D eigenvalue weighted by Gasteiger charge is -2.38. The Hall–Kier alpha value is -7.08. The number of ether oxygens (including phenoxy) is 7. The third kappa shape index (κ3) is 10.4. The summed E-state index contributed by atoms with van der Waals surface area (Å²) in [4.78, 5) is 85.8. The molecule has 0 spiro atoms. The molecule has 0 radical (unpaired) electrons. The first-order valence-electron chi connectivity index (χ1n) is 22.3. The van der Waals surface area contributed by atoms with Crippen LogP contribution in [0.15, 0.2) is 96.1 Å². The van der Waals surface area contributed by atoms with Gasteiger partial charge in [-0.25, -0.2) is 4.79 Å². The molecule has 9 atom stereocenters. The van der Waals surface area contributed by atoms with Gasteiger partial charge in [0.25, 0.3) is 11.7 Å². The zero-order valence-electron chi connectivity index (χ0n) is 40.3. The standard InChI is InChI=1S/C52H58N2O15/c1-25-13-12-14-26(2)50(61)54-41-40(53-33-17-21-35(64-10)22-18-33)44(58)37-38(45(41)59)47(68-51(62)32-15-19-34(63-9)20-16-32)30(6)48-39(37)49(60)52(8,69-48)66-24-23-36(65-11)27(3)46(67-31(7)55)29(5)43(57)28(4)42(25)56/h12-25,27-29,36,42-43,46,53,56-57H,1-11H3,(H,54,61). The summed E-state index contributed by atoms with van der Waals surface area (Å²) < 4.78 is 40.4. The Morgan fingerprint density at radius 2 is 1.41 bits per heavy atom. The Balaban J connectivity index is 1.57. The first-order chi connectivity index (χ1) is 32.7. The zero-order valence-corrected chi connectivity index (χ0v) is 40.3. The van der Waals surface area contributed by atoms with Crippen LogP contribution in [0.3, 0.4) is 0 Å². The van der Waals surface area contributed by atoms with Crippen molar-refractivity contribution < 1.29 is 72.1 Å². The number of ketones is 3. The van der Waals surface area contributed by atoms with Crippen LogP contribution in [-0.2, 0) is 23.8 Å². The first-order valence-corrected chi connectivity index (χ1v) is 22.3. The molecule has 17 nitrogen and oxygen atoms in total. The van der Waals surface area contributed by atoms with Crippen LogP contribution in [0.2, 0.25) is 0 Å². The smallest absolute Gasteiger partial charge is 0.343 e. The summed E-state index contributed by atoms with van der Waals surface area (Å²) in [7, 11) is 4.34. The minimum Gasteiger partial charge on any atom is -0.497 e. The van der Waals surface area contributed by atoms with E-state index < -0.39 is 117 Å². The minimum atomic E-state index is -2.20. The van der Waals surface area contributed by atoms with Crippen molar-refractivity contribution in [3.63, 3.8) is 0 Å². The highest BCUT2D eigenvalue weighted by molar-refractivity contribution is 6.33. The SMILES string of the molecule is COc1ccc(NC2=C3NC(=O)C(C)=CC=CC(C)C(O)C(C)C(O)C(C)C(OC(C)=O)C(C)C(OC)C=COC4(C)Oc5c(C)c(OC(=O)c6ccc(OC)cc6)c(c(c5C4=O)C2=O)C3=O)cc1. The third-order valence-corrected chi connectivity index (χ3v) is 12.8. The molecule has 0 saturated carbocycles. The highest BCUT2D eigenvalue weighted by atomic mass is 16.7. The van der Waals surface area contributed by atoms with Gasteiger partial charge in [0, 0.05) is 61.5 Å². The summed E-state index contributed by atoms with van der Waals surface area (Å²) in [6.07, 6.45) is 3.09. The van der Waals surface area contributed by atoms with Gasteiger partial charge in [0.2, 0.25) is 11.6 Å². The fourth-order valence-corrected chi connectivity index (χ4v) is 8.62. The van der Waals surface area contributed by atoms with Gasteiger partial charge in [-0.15, -0.1) is 0 Å². The molecule has 7 rings (SSSR count). The van der Waals surface area contributed by atoms with E-state index in [9.17, 15) is 29.4 Å². The van der Waals surface area contributed by atoms with Crippen LogP contribution in [0.4, 0.5) is 5.69 Å². The van der Waals surface area contributed by atoms with Gasteiger partial charge in [-0.05, 0) is 68.5 Å². The number of amides is 1. The van der Waals surface area contributed by atoms with Gasteiger partial charge in [-0.2, -0.15) is 0 Å². The molecule has 4 aliphatic rings. The number of aliphatic hydroxyl groups is 2. The van der Waals surface area contributed by atoms with Crippen LogP contribution < -0.4 is 29.6 Å². The van der Waals surface area contributed by atoms with E-state index in [0.717, 1.165) is 6.26 Å². The second-order valence-electron chi connectivity index (χ2n) is 17.5. The number of Topliss-reactive ketones (excluding diaryl/α,β-unsaturated/α-hetero) is 3. The Kier molecular flexibility index (Phi) is 15.7. The molecule has 3 heterocycles. The predicted molar refractivity (Wildman–Crippen MR) is 251 cm³/mol. The van der Waals surface area contributed by atoms with Crippen molar-refractivity contribution in [2.75, 3.05) is 26.6 Å². The van der Waals surface area contributed by atoms with Gasteiger partial charge in [-0.3, -0.25) is 24.0 Å². The number of allylic oxidation sites excluding steroid dienone is 4. The molecule has 3 aliphatic heterocycles. The quantitative estimate of drug-likeness (QED) is 0.138. The molecule has 0 saturated heterocycles. The summed E-state index contributed by atoms with van der Waals surface area (Å²) in [6.45, 7) is 12.3.